The van der Waals surface area contributed by atoms with Crippen molar-refractivity contribution in [2.75, 3.05) is 11.5 Å². The molecular formula is C17H22F2N2O2S. The van der Waals surface area contributed by atoms with Gasteiger partial charge < -0.3 is 10.6 Å². The minimum atomic E-state index is -0.945. The van der Waals surface area contributed by atoms with Gasteiger partial charge >= 0.3 is 0 Å². The van der Waals surface area contributed by atoms with Gasteiger partial charge in [0, 0.05) is 6.04 Å². The Morgan fingerprint density at radius 3 is 2.29 bits per heavy atom. The summed E-state index contributed by atoms with van der Waals surface area (Å²) in [4.78, 5) is 24.7. The molecule has 2 rings (SSSR count). The van der Waals surface area contributed by atoms with Crippen LogP contribution in [0, 0.1) is 17.6 Å². The normalized spacial score (nSPS) is 16.7. The monoisotopic (exact) mass is 356 g/mol. The van der Waals surface area contributed by atoms with E-state index in [0.717, 1.165) is 36.5 Å². The van der Waals surface area contributed by atoms with Crippen LogP contribution in [0.1, 0.15) is 37.0 Å². The van der Waals surface area contributed by atoms with Crippen molar-refractivity contribution in [1.82, 2.24) is 10.6 Å². The number of rotatable bonds is 5. The average molecular weight is 356 g/mol. The highest BCUT2D eigenvalue weighted by molar-refractivity contribution is 7.99. The predicted octanol–water partition coefficient (Wildman–Crippen LogP) is 2.73. The van der Waals surface area contributed by atoms with Crippen molar-refractivity contribution in [1.29, 1.82) is 0 Å². The smallest absolute Gasteiger partial charge is 0.257 e. The van der Waals surface area contributed by atoms with Crippen LogP contribution >= 0.6 is 11.8 Å². The highest BCUT2D eigenvalue weighted by Gasteiger charge is 2.28. The van der Waals surface area contributed by atoms with Crippen LogP contribution in [-0.4, -0.2) is 35.4 Å². The molecule has 0 saturated carbocycles. The van der Waals surface area contributed by atoms with E-state index in [1.807, 2.05) is 11.8 Å². The van der Waals surface area contributed by atoms with Gasteiger partial charge in [0.2, 0.25) is 5.91 Å². The molecule has 7 heteroatoms. The Kier molecular flexibility index (Phi) is 6.60. The summed E-state index contributed by atoms with van der Waals surface area (Å²) in [5, 5.41) is 5.40. The maximum absolute atomic E-state index is 13.7. The van der Waals surface area contributed by atoms with E-state index in [0.29, 0.717) is 0 Å². The third-order valence-corrected chi connectivity index (χ3v) is 5.04. The molecule has 0 radical (unpaired) electrons. The van der Waals surface area contributed by atoms with E-state index in [4.69, 9.17) is 0 Å². The van der Waals surface area contributed by atoms with Crippen LogP contribution in [0.25, 0.3) is 0 Å². The Morgan fingerprint density at radius 2 is 1.75 bits per heavy atom. The Bertz CT molecular complexity index is 584. The van der Waals surface area contributed by atoms with Crippen LogP contribution in [-0.2, 0) is 4.79 Å². The molecule has 1 aliphatic heterocycles. The molecular weight excluding hydrogens is 334 g/mol. The molecule has 1 saturated heterocycles. The van der Waals surface area contributed by atoms with Crippen LogP contribution in [0.2, 0.25) is 0 Å². The van der Waals surface area contributed by atoms with Crippen molar-refractivity contribution in [2.45, 2.75) is 38.8 Å². The van der Waals surface area contributed by atoms with Crippen molar-refractivity contribution >= 4 is 23.6 Å². The summed E-state index contributed by atoms with van der Waals surface area (Å²) in [5.74, 6) is -1.35. The summed E-state index contributed by atoms with van der Waals surface area (Å²) in [6.45, 7) is 3.55. The second kappa shape index (κ2) is 8.46. The maximum Gasteiger partial charge on any atom is 0.257 e. The van der Waals surface area contributed by atoms with Crippen LogP contribution < -0.4 is 10.6 Å². The Balaban J connectivity index is 2.07. The van der Waals surface area contributed by atoms with E-state index in [1.165, 1.54) is 6.07 Å². The highest BCUT2D eigenvalue weighted by atomic mass is 32.2. The number of nitrogens with one attached hydrogen (secondary N) is 2. The van der Waals surface area contributed by atoms with Crippen LogP contribution in [0.3, 0.4) is 0 Å². The van der Waals surface area contributed by atoms with Crippen molar-refractivity contribution in [2.24, 2.45) is 5.92 Å². The summed E-state index contributed by atoms with van der Waals surface area (Å²) >= 11 is 1.85. The van der Waals surface area contributed by atoms with E-state index in [-0.39, 0.29) is 17.9 Å². The molecule has 0 spiro atoms. The third-order valence-electron chi connectivity index (χ3n) is 3.99. The fraction of sp³-hybridized carbons (Fsp3) is 0.529. The molecule has 1 atom stereocenters. The van der Waals surface area contributed by atoms with Gasteiger partial charge in [0.15, 0.2) is 0 Å². The van der Waals surface area contributed by atoms with Gasteiger partial charge in [-0.3, -0.25) is 9.59 Å². The summed E-state index contributed by atoms with van der Waals surface area (Å²) in [6.07, 6.45) is 1.77. The van der Waals surface area contributed by atoms with Gasteiger partial charge in [-0.1, -0.05) is 19.9 Å². The lowest BCUT2D eigenvalue weighted by Gasteiger charge is -2.27. The van der Waals surface area contributed by atoms with E-state index in [1.54, 1.807) is 13.8 Å². The van der Waals surface area contributed by atoms with Gasteiger partial charge in [0.05, 0.1) is 0 Å². The van der Waals surface area contributed by atoms with Crippen molar-refractivity contribution < 1.29 is 18.4 Å². The predicted molar refractivity (Wildman–Crippen MR) is 90.9 cm³/mol. The third kappa shape index (κ3) is 4.69. The number of hydrogen-bond acceptors (Lipinski definition) is 3. The largest absolute Gasteiger partial charge is 0.352 e. The first-order valence-electron chi connectivity index (χ1n) is 8.03. The summed E-state index contributed by atoms with van der Waals surface area (Å²) in [6, 6.07) is 2.47. The van der Waals surface area contributed by atoms with Gasteiger partial charge in [-0.2, -0.15) is 11.8 Å². The average Bonchev–Trinajstić information content (AvgIpc) is 2.53. The molecule has 1 heterocycles. The van der Waals surface area contributed by atoms with Gasteiger partial charge in [-0.15, -0.1) is 0 Å². The zero-order valence-electron chi connectivity index (χ0n) is 13.8. The molecule has 1 unspecified atom stereocenters. The number of carbonyl (C=O) groups is 2. The van der Waals surface area contributed by atoms with E-state index in [2.05, 4.69) is 10.6 Å². The van der Waals surface area contributed by atoms with Crippen LogP contribution in [0.4, 0.5) is 8.78 Å². The van der Waals surface area contributed by atoms with Gasteiger partial charge in [-0.05, 0) is 42.4 Å². The first-order chi connectivity index (χ1) is 11.4. The topological polar surface area (TPSA) is 58.2 Å². The molecule has 24 heavy (non-hydrogen) atoms. The lowest BCUT2D eigenvalue weighted by molar-refractivity contribution is -0.124. The number of carbonyl (C=O) groups excluding carboxylic acids is 2. The second-order valence-electron chi connectivity index (χ2n) is 6.19. The molecule has 132 valence electrons. The number of thioether (sulfide) groups is 1. The summed E-state index contributed by atoms with van der Waals surface area (Å²) < 4.78 is 27.4. The van der Waals surface area contributed by atoms with E-state index < -0.39 is 29.1 Å². The summed E-state index contributed by atoms with van der Waals surface area (Å²) in [5.41, 5.74) is -0.662. The fourth-order valence-corrected chi connectivity index (χ4v) is 3.70. The molecule has 1 aromatic rings. The molecule has 2 amide bonds. The van der Waals surface area contributed by atoms with Crippen molar-refractivity contribution in [3.63, 3.8) is 0 Å². The molecule has 2 N–H and O–H groups in total. The molecule has 0 bridgehead atoms. The number of benzene rings is 1. The van der Waals surface area contributed by atoms with Gasteiger partial charge in [0.1, 0.15) is 23.2 Å². The molecule has 1 aliphatic rings. The quantitative estimate of drug-likeness (QED) is 0.853. The molecule has 4 nitrogen and oxygen atoms in total. The van der Waals surface area contributed by atoms with E-state index >= 15 is 0 Å². The zero-order chi connectivity index (χ0) is 17.7. The lowest BCUT2D eigenvalue weighted by atomic mass is 10.0. The molecule has 1 aromatic carbocycles. The number of amides is 2. The van der Waals surface area contributed by atoms with Gasteiger partial charge in [0.25, 0.3) is 5.91 Å². The number of halogens is 2. The Morgan fingerprint density at radius 1 is 1.17 bits per heavy atom. The summed E-state index contributed by atoms with van der Waals surface area (Å²) in [7, 11) is 0. The van der Waals surface area contributed by atoms with Crippen LogP contribution in [0.15, 0.2) is 18.2 Å². The minimum absolute atomic E-state index is 0.0853. The van der Waals surface area contributed by atoms with Crippen molar-refractivity contribution in [3.8, 4) is 0 Å². The number of hydrogen-bond donors (Lipinski definition) is 2. The first-order valence-corrected chi connectivity index (χ1v) is 9.18. The molecule has 0 aromatic heterocycles. The SMILES string of the molecule is CC(C)C(NC(=O)c1c(F)cccc1F)C(=O)NC1CCSCC1. The standard InChI is InChI=1S/C17H22F2N2O2S/c1-10(2)15(17(23)20-11-6-8-24-9-7-11)21-16(22)14-12(18)4-3-5-13(14)19/h3-5,10-11,15H,6-9H2,1-2H3,(H,20,23)(H,21,22). The van der Waals surface area contributed by atoms with Crippen molar-refractivity contribution in [3.05, 3.63) is 35.4 Å². The maximum atomic E-state index is 13.7. The fourth-order valence-electron chi connectivity index (χ4n) is 2.60. The Hall–Kier alpha value is -1.63. The van der Waals surface area contributed by atoms with E-state index in [9.17, 15) is 18.4 Å². The van der Waals surface area contributed by atoms with Crippen LogP contribution in [0.5, 0.6) is 0 Å². The zero-order valence-corrected chi connectivity index (χ0v) is 14.6. The molecule has 1 fully saturated rings. The molecule has 0 aliphatic carbocycles. The van der Waals surface area contributed by atoms with Gasteiger partial charge in [-0.25, -0.2) is 8.78 Å². The minimum Gasteiger partial charge on any atom is -0.352 e. The second-order valence-corrected chi connectivity index (χ2v) is 7.41. The lowest BCUT2D eigenvalue weighted by Crippen LogP contribution is -2.52. The Labute approximate surface area is 144 Å². The highest BCUT2D eigenvalue weighted by Crippen LogP contribution is 2.18. The first kappa shape index (κ1) is 18.7.